The number of aryl methyl sites for hydroxylation is 1. The van der Waals surface area contributed by atoms with Gasteiger partial charge in [-0.2, -0.15) is 0 Å². The van der Waals surface area contributed by atoms with Gasteiger partial charge in [0.2, 0.25) is 11.8 Å². The van der Waals surface area contributed by atoms with Crippen molar-refractivity contribution < 1.29 is 9.53 Å². The Kier molecular flexibility index (Phi) is 6.75. The first-order valence-electron chi connectivity index (χ1n) is 8.90. The number of aromatic nitrogens is 1. The maximum atomic E-state index is 12.2. The van der Waals surface area contributed by atoms with Crippen LogP contribution in [-0.4, -0.2) is 23.0 Å². The van der Waals surface area contributed by atoms with Crippen molar-refractivity contribution in [3.8, 4) is 5.88 Å². The number of rotatable bonds is 6. The third kappa shape index (κ3) is 5.89. The number of ether oxygens (including phenoxy) is 1. The van der Waals surface area contributed by atoms with Crippen LogP contribution in [0.1, 0.15) is 37.7 Å². The Morgan fingerprint density at radius 3 is 2.62 bits per heavy atom. The molecule has 1 saturated carbocycles. The van der Waals surface area contributed by atoms with Gasteiger partial charge in [-0.1, -0.05) is 35.3 Å². The molecule has 1 fully saturated rings. The minimum Gasteiger partial charge on any atom is -0.474 e. The zero-order valence-corrected chi connectivity index (χ0v) is 16.0. The average Bonchev–Trinajstić information content (AvgIpc) is 2.64. The summed E-state index contributed by atoms with van der Waals surface area (Å²) in [5, 5.41) is 4.44. The number of halogens is 2. The van der Waals surface area contributed by atoms with E-state index in [1.165, 1.54) is 0 Å². The number of benzene rings is 1. The molecule has 1 aromatic heterocycles. The molecule has 1 aliphatic carbocycles. The number of pyridine rings is 1. The van der Waals surface area contributed by atoms with Gasteiger partial charge in [0.15, 0.2) is 0 Å². The van der Waals surface area contributed by atoms with Gasteiger partial charge in [-0.15, -0.1) is 0 Å². The molecule has 6 heteroatoms. The smallest absolute Gasteiger partial charge is 0.220 e. The van der Waals surface area contributed by atoms with Crippen LogP contribution in [0.4, 0.5) is 0 Å². The number of amides is 1. The summed E-state index contributed by atoms with van der Waals surface area (Å²) in [6.07, 6.45) is 6.56. The molecule has 26 heavy (non-hydrogen) atoms. The first-order valence-corrected chi connectivity index (χ1v) is 9.66. The summed E-state index contributed by atoms with van der Waals surface area (Å²) >= 11 is 11.8. The maximum Gasteiger partial charge on any atom is 0.220 e. The molecule has 0 aliphatic heterocycles. The molecule has 1 aliphatic rings. The summed E-state index contributed by atoms with van der Waals surface area (Å²) in [5.74, 6) is 0.692. The lowest BCUT2D eigenvalue weighted by Gasteiger charge is -2.29. The molecule has 2 aromatic rings. The molecule has 1 aromatic carbocycles. The molecule has 0 atom stereocenters. The lowest BCUT2D eigenvalue weighted by molar-refractivity contribution is -0.122. The topological polar surface area (TPSA) is 51.2 Å². The molecule has 0 spiro atoms. The fraction of sp³-hybridized carbons (Fsp3) is 0.400. The molecular weight excluding hydrogens is 371 g/mol. The molecule has 4 nitrogen and oxygen atoms in total. The second kappa shape index (κ2) is 9.24. The van der Waals surface area contributed by atoms with Crippen LogP contribution >= 0.6 is 23.2 Å². The SMILES string of the molecule is O=C(CCc1cccc(Cl)c1)NC1CCC(Oc2ccc(Cl)cn2)CC1. The fourth-order valence-electron chi connectivity index (χ4n) is 3.18. The van der Waals surface area contributed by atoms with Crippen molar-refractivity contribution in [1.29, 1.82) is 0 Å². The van der Waals surface area contributed by atoms with Crippen molar-refractivity contribution in [2.24, 2.45) is 0 Å². The van der Waals surface area contributed by atoms with E-state index < -0.39 is 0 Å². The Hall–Kier alpha value is -1.78. The highest BCUT2D eigenvalue weighted by molar-refractivity contribution is 6.30. The summed E-state index contributed by atoms with van der Waals surface area (Å²) in [6, 6.07) is 11.4. The van der Waals surface area contributed by atoms with Crippen LogP contribution in [0.5, 0.6) is 5.88 Å². The number of nitrogens with zero attached hydrogens (tertiary/aromatic N) is 1. The van der Waals surface area contributed by atoms with Crippen molar-refractivity contribution in [1.82, 2.24) is 10.3 Å². The first kappa shape index (κ1) is 19.0. The second-order valence-electron chi connectivity index (χ2n) is 6.60. The molecular formula is C20H22Cl2N2O2. The Balaban J connectivity index is 1.38. The van der Waals surface area contributed by atoms with E-state index in [4.69, 9.17) is 27.9 Å². The van der Waals surface area contributed by atoms with Crippen LogP contribution in [0, 0.1) is 0 Å². The molecule has 3 rings (SSSR count). The predicted octanol–water partition coefficient (Wildman–Crippen LogP) is 4.83. The normalized spacial score (nSPS) is 19.8. The number of nitrogens with one attached hydrogen (secondary N) is 1. The first-order chi connectivity index (χ1) is 12.6. The van der Waals surface area contributed by atoms with Gasteiger partial charge < -0.3 is 10.1 Å². The van der Waals surface area contributed by atoms with Crippen molar-refractivity contribution in [2.45, 2.75) is 50.7 Å². The molecule has 1 heterocycles. The maximum absolute atomic E-state index is 12.2. The van der Waals surface area contributed by atoms with E-state index in [1.54, 1.807) is 18.3 Å². The summed E-state index contributed by atoms with van der Waals surface area (Å²) < 4.78 is 5.89. The summed E-state index contributed by atoms with van der Waals surface area (Å²) in [4.78, 5) is 16.3. The van der Waals surface area contributed by atoms with Gasteiger partial charge in [0.1, 0.15) is 6.10 Å². The lowest BCUT2D eigenvalue weighted by atomic mass is 9.92. The third-order valence-corrected chi connectivity index (χ3v) is 5.02. The van der Waals surface area contributed by atoms with Crippen LogP contribution in [-0.2, 0) is 11.2 Å². The number of carbonyl (C=O) groups is 1. The number of hydrogen-bond acceptors (Lipinski definition) is 3. The van der Waals surface area contributed by atoms with Crippen molar-refractivity contribution in [3.63, 3.8) is 0 Å². The van der Waals surface area contributed by atoms with Gasteiger partial charge in [-0.05, 0) is 55.9 Å². The summed E-state index contributed by atoms with van der Waals surface area (Å²) in [5.41, 5.74) is 1.08. The Morgan fingerprint density at radius 2 is 1.92 bits per heavy atom. The zero-order chi connectivity index (χ0) is 18.4. The largest absolute Gasteiger partial charge is 0.474 e. The standard InChI is InChI=1S/C20H22Cl2N2O2/c21-15-3-1-2-14(12-15)4-10-19(25)24-17-6-8-18(9-7-17)26-20-11-5-16(22)13-23-20/h1-3,5,11-13,17-18H,4,6-10H2,(H,24,25). The highest BCUT2D eigenvalue weighted by atomic mass is 35.5. The highest BCUT2D eigenvalue weighted by Crippen LogP contribution is 2.23. The fourth-order valence-corrected chi connectivity index (χ4v) is 3.50. The van der Waals surface area contributed by atoms with Crippen LogP contribution < -0.4 is 10.1 Å². The number of carbonyl (C=O) groups excluding carboxylic acids is 1. The van der Waals surface area contributed by atoms with Gasteiger partial charge in [-0.25, -0.2) is 4.98 Å². The third-order valence-electron chi connectivity index (χ3n) is 4.56. The molecule has 1 amide bonds. The monoisotopic (exact) mass is 392 g/mol. The lowest BCUT2D eigenvalue weighted by Crippen LogP contribution is -2.39. The van der Waals surface area contributed by atoms with E-state index in [1.807, 2.05) is 24.3 Å². The summed E-state index contributed by atoms with van der Waals surface area (Å²) in [7, 11) is 0. The Labute approximate surface area is 163 Å². The molecule has 1 N–H and O–H groups in total. The van der Waals surface area contributed by atoms with Gasteiger partial charge in [0.25, 0.3) is 0 Å². The molecule has 0 unspecified atom stereocenters. The van der Waals surface area contributed by atoms with Crippen LogP contribution in [0.3, 0.4) is 0 Å². The quantitative estimate of drug-likeness (QED) is 0.765. The Bertz CT molecular complexity index is 729. The second-order valence-corrected chi connectivity index (χ2v) is 7.48. The van der Waals surface area contributed by atoms with Crippen LogP contribution in [0.15, 0.2) is 42.6 Å². The molecule has 0 bridgehead atoms. The van der Waals surface area contributed by atoms with E-state index in [-0.39, 0.29) is 18.1 Å². The Morgan fingerprint density at radius 1 is 1.12 bits per heavy atom. The molecule has 138 valence electrons. The van der Waals surface area contributed by atoms with E-state index in [2.05, 4.69) is 10.3 Å². The van der Waals surface area contributed by atoms with Crippen LogP contribution in [0.25, 0.3) is 0 Å². The van der Waals surface area contributed by atoms with E-state index in [9.17, 15) is 4.79 Å². The predicted molar refractivity (Wildman–Crippen MR) is 104 cm³/mol. The van der Waals surface area contributed by atoms with Crippen molar-refractivity contribution in [2.75, 3.05) is 0 Å². The van der Waals surface area contributed by atoms with E-state index >= 15 is 0 Å². The highest BCUT2D eigenvalue weighted by Gasteiger charge is 2.23. The van der Waals surface area contributed by atoms with Gasteiger partial charge >= 0.3 is 0 Å². The van der Waals surface area contributed by atoms with Crippen molar-refractivity contribution in [3.05, 3.63) is 58.2 Å². The minimum absolute atomic E-state index is 0.0914. The minimum atomic E-state index is 0.0914. The molecule has 0 radical (unpaired) electrons. The summed E-state index contributed by atoms with van der Waals surface area (Å²) in [6.45, 7) is 0. The molecule has 0 saturated heterocycles. The van der Waals surface area contributed by atoms with Gasteiger partial charge in [0, 0.05) is 29.7 Å². The number of hydrogen-bond donors (Lipinski definition) is 1. The zero-order valence-electron chi connectivity index (χ0n) is 14.5. The van der Waals surface area contributed by atoms with Gasteiger partial charge in [-0.3, -0.25) is 4.79 Å². The van der Waals surface area contributed by atoms with Crippen molar-refractivity contribution >= 4 is 29.1 Å². The van der Waals surface area contributed by atoms with E-state index in [0.717, 1.165) is 31.2 Å². The average molecular weight is 393 g/mol. The van der Waals surface area contributed by atoms with E-state index in [0.29, 0.717) is 28.8 Å². The van der Waals surface area contributed by atoms with Crippen LogP contribution in [0.2, 0.25) is 10.0 Å². The van der Waals surface area contributed by atoms with Gasteiger partial charge in [0.05, 0.1) is 5.02 Å².